The fourth-order valence-electron chi connectivity index (χ4n) is 4.02. The number of carbonyl (C=O) groups excluding carboxylic acids is 1. The molecule has 30 heavy (non-hydrogen) atoms. The number of hydrogen-bond acceptors (Lipinski definition) is 4. The molecule has 4 rings (SSSR count). The van der Waals surface area contributed by atoms with Crippen LogP contribution in [0.25, 0.3) is 0 Å². The molecule has 0 bridgehead atoms. The molecule has 5 heteroatoms. The maximum absolute atomic E-state index is 13.2. The monoisotopic (exact) mass is 403 g/mol. The number of hydrogen-bond donors (Lipinski definition) is 1. The molecule has 1 aliphatic rings. The third kappa shape index (κ3) is 3.65. The van der Waals surface area contributed by atoms with Crippen LogP contribution in [0, 0.1) is 5.92 Å². The van der Waals surface area contributed by atoms with Crippen LogP contribution in [0.5, 0.6) is 0 Å². The fraction of sp³-hybridized carbons (Fsp3) is 0.360. The topological polar surface area (TPSA) is 72.4 Å². The summed E-state index contributed by atoms with van der Waals surface area (Å²) in [5.41, 5.74) is 9.66. The minimum Gasteiger partial charge on any atom is -0.361 e. The molecule has 3 aromatic rings. The van der Waals surface area contributed by atoms with E-state index >= 15 is 0 Å². The lowest BCUT2D eigenvalue weighted by Crippen LogP contribution is -2.57. The molecule has 0 saturated carbocycles. The number of nitrogens with zero attached hydrogens (tertiary/aromatic N) is 2. The van der Waals surface area contributed by atoms with Gasteiger partial charge in [0.25, 0.3) is 0 Å². The standard InChI is InChI=1S/C25H29N3O2/c1-17(2)25(3,26)24(29)28-15-14-21-20(16-28)23(27-30-21)22(18-10-6-4-7-11-18)19-12-8-5-9-13-19/h4-13,17,22H,14-16,26H2,1-3H3/t25-/m1/s1. The first kappa shape index (κ1) is 20.4. The van der Waals surface area contributed by atoms with E-state index < -0.39 is 5.54 Å². The van der Waals surface area contributed by atoms with Crippen molar-refractivity contribution in [2.75, 3.05) is 6.54 Å². The predicted octanol–water partition coefficient (Wildman–Crippen LogP) is 4.11. The van der Waals surface area contributed by atoms with Crippen molar-refractivity contribution in [3.63, 3.8) is 0 Å². The molecule has 1 amide bonds. The number of rotatable bonds is 5. The van der Waals surface area contributed by atoms with Crippen LogP contribution in [0.15, 0.2) is 65.2 Å². The van der Waals surface area contributed by atoms with Gasteiger partial charge in [0.2, 0.25) is 5.91 Å². The van der Waals surface area contributed by atoms with Gasteiger partial charge in [-0.2, -0.15) is 0 Å². The number of fused-ring (bicyclic) bond motifs is 1. The van der Waals surface area contributed by atoms with Crippen molar-refractivity contribution in [2.24, 2.45) is 11.7 Å². The average Bonchev–Trinajstić information content (AvgIpc) is 3.18. The first-order chi connectivity index (χ1) is 14.4. The molecule has 0 aliphatic carbocycles. The van der Waals surface area contributed by atoms with Gasteiger partial charge < -0.3 is 15.2 Å². The predicted molar refractivity (Wildman–Crippen MR) is 117 cm³/mol. The van der Waals surface area contributed by atoms with Gasteiger partial charge >= 0.3 is 0 Å². The lowest BCUT2D eigenvalue weighted by atomic mass is 9.84. The lowest BCUT2D eigenvalue weighted by molar-refractivity contribution is -0.139. The highest BCUT2D eigenvalue weighted by Gasteiger charge is 2.39. The van der Waals surface area contributed by atoms with Crippen LogP contribution in [0.1, 0.15) is 54.8 Å². The first-order valence-electron chi connectivity index (χ1n) is 10.5. The van der Waals surface area contributed by atoms with E-state index in [2.05, 4.69) is 29.4 Å². The van der Waals surface area contributed by atoms with Gasteiger partial charge in [-0.05, 0) is 24.0 Å². The zero-order chi connectivity index (χ0) is 21.3. The number of nitrogens with two attached hydrogens (primary N) is 1. The van der Waals surface area contributed by atoms with Crippen molar-refractivity contribution in [1.82, 2.24) is 10.1 Å². The maximum atomic E-state index is 13.2. The molecular formula is C25H29N3O2. The molecule has 0 spiro atoms. The summed E-state index contributed by atoms with van der Waals surface area (Å²) < 4.78 is 5.75. The SMILES string of the molecule is CC(C)[C@@](C)(N)C(=O)N1CCc2onc(C(c3ccccc3)c3ccccc3)c2C1. The van der Waals surface area contributed by atoms with E-state index in [1.807, 2.05) is 62.1 Å². The second-order valence-electron chi connectivity index (χ2n) is 8.64. The van der Waals surface area contributed by atoms with E-state index in [0.717, 1.165) is 28.1 Å². The van der Waals surface area contributed by atoms with Gasteiger partial charge in [0.15, 0.2) is 0 Å². The average molecular weight is 404 g/mol. The molecule has 2 heterocycles. The van der Waals surface area contributed by atoms with Gasteiger partial charge in [-0.3, -0.25) is 4.79 Å². The number of carbonyl (C=O) groups is 1. The van der Waals surface area contributed by atoms with E-state index in [4.69, 9.17) is 10.3 Å². The Kier molecular flexibility index (Phi) is 5.48. The van der Waals surface area contributed by atoms with E-state index in [1.54, 1.807) is 0 Å². The van der Waals surface area contributed by atoms with Crippen molar-refractivity contribution in [3.05, 3.63) is 88.8 Å². The van der Waals surface area contributed by atoms with Crippen LogP contribution in [-0.4, -0.2) is 28.0 Å². The lowest BCUT2D eigenvalue weighted by Gasteiger charge is -2.36. The van der Waals surface area contributed by atoms with Crippen LogP contribution >= 0.6 is 0 Å². The summed E-state index contributed by atoms with van der Waals surface area (Å²) in [5.74, 6) is 0.847. The zero-order valence-corrected chi connectivity index (χ0v) is 17.8. The van der Waals surface area contributed by atoms with E-state index in [1.165, 1.54) is 0 Å². The molecule has 1 aromatic heterocycles. The van der Waals surface area contributed by atoms with Gasteiger partial charge in [-0.25, -0.2) is 0 Å². The summed E-state index contributed by atoms with van der Waals surface area (Å²) >= 11 is 0. The number of aromatic nitrogens is 1. The summed E-state index contributed by atoms with van der Waals surface area (Å²) in [6.07, 6.45) is 0.651. The molecule has 0 unspecified atom stereocenters. The second kappa shape index (κ2) is 8.07. The van der Waals surface area contributed by atoms with Gasteiger partial charge in [-0.15, -0.1) is 0 Å². The highest BCUT2D eigenvalue weighted by atomic mass is 16.5. The van der Waals surface area contributed by atoms with Crippen LogP contribution in [0.3, 0.4) is 0 Å². The van der Waals surface area contributed by atoms with E-state index in [-0.39, 0.29) is 17.7 Å². The molecule has 0 radical (unpaired) electrons. The molecule has 1 aliphatic heterocycles. The van der Waals surface area contributed by atoms with Crippen molar-refractivity contribution in [2.45, 2.75) is 45.2 Å². The Morgan fingerprint density at radius 3 is 2.17 bits per heavy atom. The van der Waals surface area contributed by atoms with Gasteiger partial charge in [0, 0.05) is 18.5 Å². The fourth-order valence-corrected chi connectivity index (χ4v) is 4.02. The van der Waals surface area contributed by atoms with Gasteiger partial charge in [-0.1, -0.05) is 79.7 Å². The Balaban J connectivity index is 1.73. The Morgan fingerprint density at radius 1 is 1.07 bits per heavy atom. The van der Waals surface area contributed by atoms with Crippen molar-refractivity contribution >= 4 is 5.91 Å². The van der Waals surface area contributed by atoms with Crippen molar-refractivity contribution < 1.29 is 9.32 Å². The summed E-state index contributed by atoms with van der Waals surface area (Å²) in [4.78, 5) is 15.0. The maximum Gasteiger partial charge on any atom is 0.242 e. The molecule has 0 fully saturated rings. The minimum absolute atomic E-state index is 0.0220. The molecule has 156 valence electrons. The number of benzene rings is 2. The third-order valence-electron chi connectivity index (χ3n) is 6.34. The Morgan fingerprint density at radius 2 is 1.63 bits per heavy atom. The smallest absolute Gasteiger partial charge is 0.242 e. The largest absolute Gasteiger partial charge is 0.361 e. The highest BCUT2D eigenvalue weighted by molar-refractivity contribution is 5.86. The molecule has 2 N–H and O–H groups in total. The van der Waals surface area contributed by atoms with Crippen molar-refractivity contribution in [3.8, 4) is 0 Å². The van der Waals surface area contributed by atoms with Crippen LogP contribution in [0.2, 0.25) is 0 Å². The Hall–Kier alpha value is -2.92. The van der Waals surface area contributed by atoms with Crippen LogP contribution in [-0.2, 0) is 17.8 Å². The van der Waals surface area contributed by atoms with Gasteiger partial charge in [0.05, 0.1) is 18.0 Å². The highest BCUT2D eigenvalue weighted by Crippen LogP contribution is 2.36. The zero-order valence-electron chi connectivity index (χ0n) is 17.8. The summed E-state index contributed by atoms with van der Waals surface area (Å²) in [6.45, 7) is 6.86. The molecule has 2 aromatic carbocycles. The molecule has 1 atom stereocenters. The summed E-state index contributed by atoms with van der Waals surface area (Å²) in [7, 11) is 0. The summed E-state index contributed by atoms with van der Waals surface area (Å²) in [6, 6.07) is 20.6. The van der Waals surface area contributed by atoms with Crippen LogP contribution < -0.4 is 5.73 Å². The normalized spacial score (nSPS) is 15.9. The van der Waals surface area contributed by atoms with Crippen molar-refractivity contribution in [1.29, 1.82) is 0 Å². The second-order valence-corrected chi connectivity index (χ2v) is 8.64. The quantitative estimate of drug-likeness (QED) is 0.696. The van der Waals surface area contributed by atoms with Gasteiger partial charge in [0.1, 0.15) is 11.5 Å². The van der Waals surface area contributed by atoms with E-state index in [0.29, 0.717) is 19.5 Å². The third-order valence-corrected chi connectivity index (χ3v) is 6.34. The molecule has 5 nitrogen and oxygen atoms in total. The minimum atomic E-state index is -0.896. The summed E-state index contributed by atoms with van der Waals surface area (Å²) in [5, 5.41) is 4.50. The van der Waals surface area contributed by atoms with Crippen LogP contribution in [0.4, 0.5) is 0 Å². The first-order valence-corrected chi connectivity index (χ1v) is 10.5. The number of amides is 1. The van der Waals surface area contributed by atoms with E-state index in [9.17, 15) is 4.79 Å². The molecule has 0 saturated heterocycles. The molecular weight excluding hydrogens is 374 g/mol. The Bertz CT molecular complexity index is 970. The Labute approximate surface area is 177 Å².